The molecule has 7 amide bonds. The molecule has 92 heavy (non-hydrogen) atoms. The molecular weight excluding hydrogens is 1300 g/mol. The first-order valence-electron chi connectivity index (χ1n) is 29.2. The number of anilines is 1. The molecule has 0 radical (unpaired) electrons. The van der Waals surface area contributed by atoms with Crippen LogP contribution in [0.1, 0.15) is 151 Å². The zero-order valence-corrected chi connectivity index (χ0v) is 55.1. The highest BCUT2D eigenvalue weighted by Gasteiger charge is 2.34. The van der Waals surface area contributed by atoms with E-state index < -0.39 is 84.2 Å². The van der Waals surface area contributed by atoms with Crippen LogP contribution in [0.4, 0.5) is 10.6 Å². The number of nitrogens with zero attached hydrogens (tertiary/aromatic N) is 8. The van der Waals surface area contributed by atoms with E-state index in [2.05, 4.69) is 31.9 Å². The van der Waals surface area contributed by atoms with Gasteiger partial charge in [-0.25, -0.2) is 39.7 Å². The molecule has 7 aromatic heterocycles. The summed E-state index contributed by atoms with van der Waals surface area (Å²) in [4.78, 5) is 144. The lowest BCUT2D eigenvalue weighted by Crippen LogP contribution is -2.47. The Balaban J connectivity index is 1.03. The lowest BCUT2D eigenvalue weighted by Gasteiger charge is -2.29. The number of aliphatic carboxylic acids is 2. The van der Waals surface area contributed by atoms with Crippen molar-refractivity contribution in [3.63, 3.8) is 0 Å². The van der Waals surface area contributed by atoms with Gasteiger partial charge in [0.25, 0.3) is 17.7 Å². The quantitative estimate of drug-likeness (QED) is 0.0408. The number of pyridine rings is 1. The van der Waals surface area contributed by atoms with Crippen molar-refractivity contribution in [2.24, 2.45) is 11.8 Å². The van der Waals surface area contributed by atoms with E-state index in [1.807, 2.05) is 13.8 Å². The molecule has 26 nitrogen and oxygen atoms in total. The van der Waals surface area contributed by atoms with Crippen LogP contribution in [0.3, 0.4) is 0 Å². The fourth-order valence-electron chi connectivity index (χ4n) is 10.3. The number of aliphatic hydroxyl groups excluding tert-OH is 1. The lowest BCUT2D eigenvalue weighted by molar-refractivity contribution is -0.143. The number of aryl methyl sites for hydroxylation is 1. The second kappa shape index (κ2) is 29.9. The number of nitrogens with one attached hydrogen (secondary N) is 6. The van der Waals surface area contributed by atoms with Crippen LogP contribution in [-0.2, 0) is 30.5 Å². The predicted octanol–water partition coefficient (Wildman–Crippen LogP) is 8.73. The van der Waals surface area contributed by atoms with E-state index in [4.69, 9.17) is 39.6 Å². The van der Waals surface area contributed by atoms with Crippen molar-refractivity contribution < 1.29 is 58.4 Å². The van der Waals surface area contributed by atoms with Crippen LogP contribution in [0.5, 0.6) is 0 Å². The van der Waals surface area contributed by atoms with Crippen molar-refractivity contribution in [3.05, 3.63) is 111 Å². The van der Waals surface area contributed by atoms with Gasteiger partial charge in [0.05, 0.1) is 48.1 Å². The summed E-state index contributed by atoms with van der Waals surface area (Å²) >= 11 is 7.06. The van der Waals surface area contributed by atoms with Gasteiger partial charge >= 0.3 is 18.0 Å². The minimum absolute atomic E-state index is 0.00391. The number of ether oxygens (including phenoxy) is 1. The Kier molecular flexibility index (Phi) is 21.7. The molecule has 10 bridgehead atoms. The largest absolute Gasteiger partial charge is 0.481 e. The molecule has 1 unspecified atom stereocenters. The lowest BCUT2D eigenvalue weighted by atomic mass is 9.86. The second-order valence-corrected chi connectivity index (χ2v) is 27.8. The number of urea groups is 1. The Hall–Kier alpha value is -8.37. The SMILES string of the molecule is CNC(=O)C[C@@H]1NC(=O)c2csc(n2)-c2ccc(-c3nc(N(CCCCC(=O)O)C(=O)N[C@H]4CC[C@H](C(=O)O)CC4)cs3)nc2-c2csc(n2)-c2csc(n2)[C@H]([C@@H](O)c2ccccc2)NC(=O)CNC(=O)c2nc(sc2COC)C(C(C)C)NC(=O)c2nc1sc2C. The molecule has 4 atom stereocenters. The number of methoxy groups -OCH3 is 1. The third-order valence-corrected chi connectivity index (χ3v) is 20.9. The average molecular weight is 1370 g/mol. The summed E-state index contributed by atoms with van der Waals surface area (Å²) < 4.78 is 5.46. The monoisotopic (exact) mass is 1360 g/mol. The summed E-state index contributed by atoms with van der Waals surface area (Å²) in [5.41, 5.74) is 2.43. The Bertz CT molecular complexity index is 4020. The molecule has 8 heterocycles. The fourth-order valence-corrected chi connectivity index (χ4v) is 15.9. The van der Waals surface area contributed by atoms with Gasteiger partial charge in [-0.1, -0.05) is 44.2 Å². The minimum atomic E-state index is -1.31. The van der Waals surface area contributed by atoms with Crippen molar-refractivity contribution in [1.29, 1.82) is 0 Å². The first kappa shape index (κ1) is 66.5. The van der Waals surface area contributed by atoms with E-state index in [-0.39, 0.29) is 65.9 Å². The molecule has 2 aliphatic rings. The molecule has 0 spiro atoms. The first-order valence-corrected chi connectivity index (χ1v) is 34.4. The van der Waals surface area contributed by atoms with E-state index in [1.165, 1.54) is 53.1 Å². The summed E-state index contributed by atoms with van der Waals surface area (Å²) in [6.45, 7) is 5.04. The minimum Gasteiger partial charge on any atom is -0.481 e. The van der Waals surface area contributed by atoms with Crippen LogP contribution in [-0.4, -0.2) is 131 Å². The normalized spacial score (nSPS) is 18.4. The summed E-state index contributed by atoms with van der Waals surface area (Å²) in [6, 6.07) is 8.59. The number of benzene rings is 1. The molecule has 1 saturated carbocycles. The standard InChI is InChI=1S/C60H64N14O12S6/c1-28(2)44-58-73-47(39(92-58)23-86-5)51(81)62-22-42(76)70-48(49(79)30-11-7-6-8-12-30)57-68-38(26-89-57)55-66-36(24-88-55)46-33(53-67-37(25-87-53)50(80)65-35(21-41(75)61-4)56-72-45(29(3)91-56)52(82)71-44)18-19-34(64-46)54-69-40(27-90-54)74(20-10-9-13-43(77)78)60(85)63-32-16-14-31(15-17-32)59(83)84/h6-8,11-12,18-19,24-28,31-32,35,44,48-49,79H,9-10,13-17,20-23H2,1-5H3,(H,61,75)(H,62,81)(H,63,85)(H,65,80)(H,70,76)(H,71,82)(H,77,78)(H,83,84)/t31-,32-,35-,44?,48-,49-/m0/s1. The number of aromatic nitrogens is 7. The zero-order valence-electron chi connectivity index (χ0n) is 50.2. The number of carboxylic acid groups (broad SMARTS) is 2. The van der Waals surface area contributed by atoms with Crippen molar-refractivity contribution in [2.45, 2.75) is 109 Å². The maximum Gasteiger partial charge on any atom is 0.323 e. The summed E-state index contributed by atoms with van der Waals surface area (Å²) in [6.07, 6.45) is 0.770. The van der Waals surface area contributed by atoms with Gasteiger partial charge in [-0.15, -0.1) is 68.0 Å². The van der Waals surface area contributed by atoms with E-state index in [1.54, 1.807) is 70.9 Å². The van der Waals surface area contributed by atoms with E-state index in [0.717, 1.165) is 34.0 Å². The third-order valence-electron chi connectivity index (χ3n) is 15.2. The number of amides is 7. The highest BCUT2D eigenvalue weighted by atomic mass is 32.1. The van der Waals surface area contributed by atoms with Crippen molar-refractivity contribution in [1.82, 2.24) is 66.8 Å². The number of unbranched alkanes of at least 4 members (excludes halogenated alkanes) is 1. The van der Waals surface area contributed by atoms with Crippen LogP contribution in [0, 0.1) is 18.8 Å². The van der Waals surface area contributed by atoms with Gasteiger partial charge < -0.3 is 52.0 Å². The third kappa shape index (κ3) is 15.7. The van der Waals surface area contributed by atoms with E-state index in [0.29, 0.717) is 107 Å². The number of thiazole rings is 6. The molecular formula is C60H64N14O12S6. The Morgan fingerprint density at radius 2 is 1.40 bits per heavy atom. The van der Waals surface area contributed by atoms with Crippen molar-refractivity contribution in [2.75, 3.05) is 32.1 Å². The van der Waals surface area contributed by atoms with Crippen molar-refractivity contribution in [3.8, 4) is 43.4 Å². The number of carbonyl (C=O) groups excluding carboxylic acids is 6. The molecule has 1 aliphatic carbocycles. The molecule has 8 aromatic rings. The molecule has 32 heteroatoms. The Morgan fingerprint density at radius 1 is 0.696 bits per heavy atom. The maximum atomic E-state index is 14.4. The van der Waals surface area contributed by atoms with Gasteiger partial charge in [0.15, 0.2) is 0 Å². The van der Waals surface area contributed by atoms with Gasteiger partial charge in [-0.3, -0.25) is 38.5 Å². The smallest absolute Gasteiger partial charge is 0.323 e. The summed E-state index contributed by atoms with van der Waals surface area (Å²) in [7, 11) is 2.92. The van der Waals surface area contributed by atoms with E-state index >= 15 is 0 Å². The fraction of sp³-hybridized carbons (Fsp3) is 0.383. The summed E-state index contributed by atoms with van der Waals surface area (Å²) in [5, 5.41) is 57.0. The van der Waals surface area contributed by atoms with Gasteiger partial charge in [0.1, 0.15) is 82.2 Å². The number of hydrogen-bond donors (Lipinski definition) is 9. The molecule has 1 fully saturated rings. The number of carbonyl (C=O) groups is 8. The predicted molar refractivity (Wildman–Crippen MR) is 348 cm³/mol. The highest BCUT2D eigenvalue weighted by molar-refractivity contribution is 7.15. The number of carboxylic acids is 2. The van der Waals surface area contributed by atoms with Crippen molar-refractivity contribution >= 4 is 121 Å². The zero-order chi connectivity index (χ0) is 65.3. The molecule has 1 aliphatic heterocycles. The average Bonchev–Trinajstić information content (AvgIpc) is 1.62. The number of fused-ring (bicyclic) bond motifs is 14. The second-order valence-electron chi connectivity index (χ2n) is 22.0. The molecule has 10 rings (SSSR count). The molecule has 482 valence electrons. The molecule has 9 N–H and O–H groups in total. The number of rotatable bonds is 16. The van der Waals surface area contributed by atoms with Crippen LogP contribution in [0.15, 0.2) is 64.0 Å². The summed E-state index contributed by atoms with van der Waals surface area (Å²) in [5.74, 6) is -5.28. The topological polar surface area (TPSA) is 372 Å². The number of hydrogen-bond acceptors (Lipinski definition) is 23. The van der Waals surface area contributed by atoms with E-state index in [9.17, 15) is 53.7 Å². The first-order chi connectivity index (χ1) is 44.2. The Labute approximate surface area is 550 Å². The Morgan fingerprint density at radius 3 is 2.13 bits per heavy atom. The molecule has 1 aromatic carbocycles. The number of aliphatic hydroxyl groups is 1. The van der Waals surface area contributed by atoms with Gasteiger partial charge in [0.2, 0.25) is 11.8 Å². The van der Waals surface area contributed by atoms with Crippen LogP contribution in [0.25, 0.3) is 43.4 Å². The molecule has 0 saturated heterocycles. The van der Waals surface area contributed by atoms with Crippen LogP contribution in [0.2, 0.25) is 0 Å². The highest BCUT2D eigenvalue weighted by Crippen LogP contribution is 2.41. The van der Waals surface area contributed by atoms with Gasteiger partial charge in [0, 0.05) is 65.1 Å². The van der Waals surface area contributed by atoms with Crippen LogP contribution >= 0.6 is 68.0 Å². The maximum absolute atomic E-state index is 14.4. The van der Waals surface area contributed by atoms with Gasteiger partial charge in [-0.2, -0.15) is 0 Å². The van der Waals surface area contributed by atoms with Crippen LogP contribution < -0.4 is 36.8 Å². The van der Waals surface area contributed by atoms with Gasteiger partial charge in [-0.05, 0) is 69.1 Å².